The van der Waals surface area contributed by atoms with Crippen LogP contribution in [0, 0.1) is 11.8 Å². The number of hydrogen-bond acceptors (Lipinski definition) is 3. The van der Waals surface area contributed by atoms with Crippen LogP contribution in [0.15, 0.2) is 36.4 Å². The first-order valence-electron chi connectivity index (χ1n) is 8.74. The minimum Gasteiger partial charge on any atom is -0.322 e. The number of allylic oxidation sites excluding steroid dienone is 1. The molecule has 1 aliphatic heterocycles. The first-order chi connectivity index (χ1) is 11.4. The van der Waals surface area contributed by atoms with Gasteiger partial charge in [0.1, 0.15) is 5.78 Å². The van der Waals surface area contributed by atoms with Gasteiger partial charge in [0.15, 0.2) is 0 Å². The van der Waals surface area contributed by atoms with Gasteiger partial charge in [0.2, 0.25) is 0 Å². The second-order valence-electron chi connectivity index (χ2n) is 7.08. The fourth-order valence-corrected chi connectivity index (χ4v) is 3.16. The summed E-state index contributed by atoms with van der Waals surface area (Å²) in [6, 6.07) is 7.56. The quantitative estimate of drug-likeness (QED) is 0.782. The van der Waals surface area contributed by atoms with E-state index in [0.29, 0.717) is 12.3 Å². The molecule has 0 saturated carbocycles. The van der Waals surface area contributed by atoms with Crippen molar-refractivity contribution in [3.8, 4) is 0 Å². The third kappa shape index (κ3) is 4.78. The summed E-state index contributed by atoms with van der Waals surface area (Å²) in [4.78, 5) is 26.3. The van der Waals surface area contributed by atoms with E-state index in [9.17, 15) is 9.59 Å². The van der Waals surface area contributed by atoms with E-state index < -0.39 is 6.04 Å². The molecule has 4 nitrogen and oxygen atoms in total. The molecule has 130 valence electrons. The Hall–Kier alpha value is -1.94. The molecule has 0 bridgehead atoms. The van der Waals surface area contributed by atoms with Gasteiger partial charge < -0.3 is 10.6 Å². The number of benzene rings is 1. The standard InChI is InChI=1S/C20H28N2O2/c1-14(2)12-16(13-19(23)15(3)21)8-9-20(24)22-11-10-17-6-4-5-7-18(17)22/h4-9,14-16H,10-13,21H2,1-3H3/b9-8+/t15-,16+/m0/s1. The van der Waals surface area contributed by atoms with Crippen molar-refractivity contribution in [1.82, 2.24) is 0 Å². The van der Waals surface area contributed by atoms with E-state index in [1.54, 1.807) is 13.0 Å². The molecular formula is C20H28N2O2. The summed E-state index contributed by atoms with van der Waals surface area (Å²) in [5, 5.41) is 0. The van der Waals surface area contributed by atoms with Crippen molar-refractivity contribution in [3.63, 3.8) is 0 Å². The predicted octanol–water partition coefficient (Wildman–Crippen LogP) is 3.10. The third-order valence-electron chi connectivity index (χ3n) is 4.41. The molecule has 0 spiro atoms. The number of fused-ring (bicyclic) bond motifs is 1. The number of ketones is 1. The third-order valence-corrected chi connectivity index (χ3v) is 4.41. The van der Waals surface area contributed by atoms with Crippen LogP contribution in [0.4, 0.5) is 5.69 Å². The Morgan fingerprint density at radius 1 is 1.25 bits per heavy atom. The second kappa shape index (κ2) is 8.25. The van der Waals surface area contributed by atoms with Crippen molar-refractivity contribution in [2.24, 2.45) is 17.6 Å². The molecule has 0 aliphatic carbocycles. The van der Waals surface area contributed by atoms with Crippen molar-refractivity contribution in [2.45, 2.75) is 46.1 Å². The average Bonchev–Trinajstić information content (AvgIpc) is 2.95. The summed E-state index contributed by atoms with van der Waals surface area (Å²) in [5.41, 5.74) is 7.89. The van der Waals surface area contributed by atoms with Crippen LogP contribution in [0.1, 0.15) is 39.2 Å². The Bertz CT molecular complexity index is 620. The lowest BCUT2D eigenvalue weighted by Gasteiger charge is -2.18. The molecule has 1 amide bonds. The lowest BCUT2D eigenvalue weighted by molar-refractivity contribution is -0.120. The summed E-state index contributed by atoms with van der Waals surface area (Å²) in [6.45, 7) is 6.67. The Labute approximate surface area is 144 Å². The molecule has 0 unspecified atom stereocenters. The predicted molar refractivity (Wildman–Crippen MR) is 97.9 cm³/mol. The lowest BCUT2D eigenvalue weighted by Crippen LogP contribution is -2.29. The van der Waals surface area contributed by atoms with Gasteiger partial charge in [-0.15, -0.1) is 0 Å². The zero-order valence-corrected chi connectivity index (χ0v) is 14.9. The number of nitrogens with zero attached hydrogens (tertiary/aromatic N) is 1. The Balaban J connectivity index is 2.05. The highest BCUT2D eigenvalue weighted by Crippen LogP contribution is 2.28. The van der Waals surface area contributed by atoms with Gasteiger partial charge in [0.05, 0.1) is 6.04 Å². The van der Waals surface area contributed by atoms with Crippen molar-refractivity contribution >= 4 is 17.4 Å². The number of rotatable bonds is 7. The lowest BCUT2D eigenvalue weighted by atomic mass is 9.90. The van der Waals surface area contributed by atoms with Crippen molar-refractivity contribution < 1.29 is 9.59 Å². The fraction of sp³-hybridized carbons (Fsp3) is 0.500. The maximum atomic E-state index is 12.5. The van der Waals surface area contributed by atoms with Gasteiger partial charge in [0.25, 0.3) is 5.91 Å². The highest BCUT2D eigenvalue weighted by Gasteiger charge is 2.23. The SMILES string of the molecule is CC(C)C[C@@H](/C=C/C(=O)N1CCc2ccccc21)CC(=O)[C@H](C)N. The van der Waals surface area contributed by atoms with Crippen molar-refractivity contribution in [1.29, 1.82) is 0 Å². The van der Waals surface area contributed by atoms with Crippen LogP contribution < -0.4 is 10.6 Å². The van der Waals surface area contributed by atoms with E-state index in [-0.39, 0.29) is 17.6 Å². The van der Waals surface area contributed by atoms with Crippen molar-refractivity contribution in [3.05, 3.63) is 42.0 Å². The number of anilines is 1. The zero-order chi connectivity index (χ0) is 17.7. The maximum absolute atomic E-state index is 12.5. The van der Waals surface area contributed by atoms with Crippen LogP contribution in [0.5, 0.6) is 0 Å². The molecule has 1 heterocycles. The van der Waals surface area contributed by atoms with Gasteiger partial charge in [-0.25, -0.2) is 0 Å². The molecule has 1 aromatic rings. The normalized spacial score (nSPS) is 16.5. The topological polar surface area (TPSA) is 63.4 Å². The molecule has 0 radical (unpaired) electrons. The molecule has 1 aliphatic rings. The number of para-hydroxylation sites is 1. The number of nitrogens with two attached hydrogens (primary N) is 1. The first kappa shape index (κ1) is 18.4. The number of carbonyl (C=O) groups excluding carboxylic acids is 2. The van der Waals surface area contributed by atoms with Crippen LogP contribution in [0.3, 0.4) is 0 Å². The number of Topliss-reactive ketones (excluding diaryl/α,β-unsaturated/α-hetero) is 1. The van der Waals surface area contributed by atoms with Crippen LogP contribution in [-0.4, -0.2) is 24.3 Å². The Kier molecular flexibility index (Phi) is 6.32. The highest BCUT2D eigenvalue weighted by atomic mass is 16.2. The highest BCUT2D eigenvalue weighted by molar-refractivity contribution is 6.02. The number of carbonyl (C=O) groups is 2. The Morgan fingerprint density at radius 2 is 1.96 bits per heavy atom. The summed E-state index contributed by atoms with van der Waals surface area (Å²) in [6.07, 6.45) is 5.69. The average molecular weight is 328 g/mol. The molecule has 24 heavy (non-hydrogen) atoms. The molecule has 4 heteroatoms. The molecule has 2 atom stereocenters. The minimum atomic E-state index is -0.450. The van der Waals surface area contributed by atoms with E-state index in [1.807, 2.05) is 29.2 Å². The maximum Gasteiger partial charge on any atom is 0.250 e. The van der Waals surface area contributed by atoms with Crippen LogP contribution in [-0.2, 0) is 16.0 Å². The van der Waals surface area contributed by atoms with E-state index in [0.717, 1.165) is 25.1 Å². The zero-order valence-electron chi connectivity index (χ0n) is 14.9. The molecule has 0 aromatic heterocycles. The molecule has 2 N–H and O–H groups in total. The van der Waals surface area contributed by atoms with Gasteiger partial charge in [-0.3, -0.25) is 9.59 Å². The Morgan fingerprint density at radius 3 is 2.62 bits per heavy atom. The first-order valence-corrected chi connectivity index (χ1v) is 8.74. The molecule has 0 fully saturated rings. The smallest absolute Gasteiger partial charge is 0.250 e. The fourth-order valence-electron chi connectivity index (χ4n) is 3.16. The van der Waals surface area contributed by atoms with E-state index >= 15 is 0 Å². The second-order valence-corrected chi connectivity index (χ2v) is 7.08. The van der Waals surface area contributed by atoms with Crippen LogP contribution >= 0.6 is 0 Å². The molecule has 2 rings (SSSR count). The van der Waals surface area contributed by atoms with Crippen LogP contribution in [0.25, 0.3) is 0 Å². The van der Waals surface area contributed by atoms with E-state index in [4.69, 9.17) is 5.73 Å². The van der Waals surface area contributed by atoms with E-state index in [1.165, 1.54) is 5.56 Å². The summed E-state index contributed by atoms with van der Waals surface area (Å²) in [5.74, 6) is 0.555. The number of hydrogen-bond donors (Lipinski definition) is 1. The van der Waals surface area contributed by atoms with Gasteiger partial charge >= 0.3 is 0 Å². The molecule has 1 aromatic carbocycles. The van der Waals surface area contributed by atoms with Gasteiger partial charge in [-0.2, -0.15) is 0 Å². The van der Waals surface area contributed by atoms with Gasteiger partial charge in [-0.1, -0.05) is 38.1 Å². The molecule has 0 saturated heterocycles. The van der Waals surface area contributed by atoms with Crippen LogP contribution in [0.2, 0.25) is 0 Å². The van der Waals surface area contributed by atoms with Gasteiger partial charge in [0, 0.05) is 18.7 Å². The monoisotopic (exact) mass is 328 g/mol. The molecular weight excluding hydrogens is 300 g/mol. The van der Waals surface area contributed by atoms with Crippen molar-refractivity contribution in [2.75, 3.05) is 11.4 Å². The number of amides is 1. The summed E-state index contributed by atoms with van der Waals surface area (Å²) in [7, 11) is 0. The summed E-state index contributed by atoms with van der Waals surface area (Å²) >= 11 is 0. The minimum absolute atomic E-state index is 0.0121. The van der Waals surface area contributed by atoms with E-state index in [2.05, 4.69) is 19.9 Å². The largest absolute Gasteiger partial charge is 0.322 e. The summed E-state index contributed by atoms with van der Waals surface area (Å²) < 4.78 is 0. The van der Waals surface area contributed by atoms with Gasteiger partial charge in [-0.05, 0) is 49.3 Å².